The van der Waals surface area contributed by atoms with Gasteiger partial charge in [-0.15, -0.1) is 0 Å². The van der Waals surface area contributed by atoms with Gasteiger partial charge in [-0.3, -0.25) is 4.98 Å². The predicted octanol–water partition coefficient (Wildman–Crippen LogP) is 5.99. The van der Waals surface area contributed by atoms with E-state index in [1.54, 1.807) is 12.4 Å². The van der Waals surface area contributed by atoms with Crippen molar-refractivity contribution in [2.24, 2.45) is 0 Å². The molecule has 0 spiro atoms. The fourth-order valence-corrected chi connectivity index (χ4v) is 3.67. The molecule has 2 N–H and O–H groups in total. The molecule has 144 valence electrons. The molecule has 0 bridgehead atoms. The van der Waals surface area contributed by atoms with Crippen molar-refractivity contribution >= 4 is 29.1 Å². The smallest absolute Gasteiger partial charge is 0.225 e. The third kappa shape index (κ3) is 4.60. The van der Waals surface area contributed by atoms with Gasteiger partial charge in [-0.2, -0.15) is 4.98 Å². The van der Waals surface area contributed by atoms with E-state index in [-0.39, 0.29) is 0 Å². The summed E-state index contributed by atoms with van der Waals surface area (Å²) in [5.74, 6) is 1.39. The first-order valence-corrected chi connectivity index (χ1v) is 10.1. The first-order chi connectivity index (χ1) is 13.7. The van der Waals surface area contributed by atoms with Crippen molar-refractivity contribution in [3.63, 3.8) is 0 Å². The standard InChI is InChI=1S/C22H24ClN5/c1-15-7-8-18(13-19(15)23)25-21-14-20(16-9-11-24-12-10-16)27-22(28-21)26-17-5-3-2-4-6-17/h7-14,17H,2-6H2,1H3,(H2,25,26,27,28). The number of rotatable bonds is 5. The van der Waals surface area contributed by atoms with Crippen molar-refractivity contribution in [1.29, 1.82) is 0 Å². The van der Waals surface area contributed by atoms with Gasteiger partial charge in [0, 0.05) is 40.8 Å². The van der Waals surface area contributed by atoms with Gasteiger partial charge in [0.25, 0.3) is 0 Å². The monoisotopic (exact) mass is 393 g/mol. The van der Waals surface area contributed by atoms with Crippen molar-refractivity contribution in [2.45, 2.75) is 45.1 Å². The van der Waals surface area contributed by atoms with E-state index in [1.165, 1.54) is 32.1 Å². The topological polar surface area (TPSA) is 62.7 Å². The number of anilines is 3. The van der Waals surface area contributed by atoms with Gasteiger partial charge in [0.1, 0.15) is 5.82 Å². The summed E-state index contributed by atoms with van der Waals surface area (Å²) in [6.45, 7) is 1.99. The summed E-state index contributed by atoms with van der Waals surface area (Å²) in [6, 6.07) is 12.2. The van der Waals surface area contributed by atoms with Crippen LogP contribution >= 0.6 is 11.6 Å². The van der Waals surface area contributed by atoms with E-state index >= 15 is 0 Å². The zero-order chi connectivity index (χ0) is 19.3. The Bertz CT molecular complexity index is 939. The average molecular weight is 394 g/mol. The molecule has 0 atom stereocenters. The number of nitrogens with one attached hydrogen (secondary N) is 2. The van der Waals surface area contributed by atoms with Crippen molar-refractivity contribution in [2.75, 3.05) is 10.6 Å². The van der Waals surface area contributed by atoms with Crippen LogP contribution in [0, 0.1) is 6.92 Å². The van der Waals surface area contributed by atoms with Gasteiger partial charge in [-0.1, -0.05) is 36.9 Å². The number of halogens is 1. The van der Waals surface area contributed by atoms with E-state index in [1.807, 2.05) is 43.3 Å². The summed E-state index contributed by atoms with van der Waals surface area (Å²) < 4.78 is 0. The molecule has 0 radical (unpaired) electrons. The summed E-state index contributed by atoms with van der Waals surface area (Å²) in [6.07, 6.45) is 9.72. The molecule has 2 aromatic heterocycles. The van der Waals surface area contributed by atoms with Gasteiger partial charge in [0.2, 0.25) is 5.95 Å². The van der Waals surface area contributed by atoms with Crippen molar-refractivity contribution in [3.05, 3.63) is 59.4 Å². The maximum absolute atomic E-state index is 6.28. The van der Waals surface area contributed by atoms with Crippen LogP contribution in [-0.4, -0.2) is 21.0 Å². The molecule has 2 heterocycles. The van der Waals surface area contributed by atoms with E-state index < -0.39 is 0 Å². The van der Waals surface area contributed by atoms with Crippen LogP contribution in [0.3, 0.4) is 0 Å². The Hall–Kier alpha value is -2.66. The van der Waals surface area contributed by atoms with Crippen LogP contribution in [0.2, 0.25) is 5.02 Å². The molecule has 28 heavy (non-hydrogen) atoms. The minimum atomic E-state index is 0.433. The van der Waals surface area contributed by atoms with Crippen LogP contribution in [-0.2, 0) is 0 Å². The molecule has 1 fully saturated rings. The molecule has 1 aromatic carbocycles. The Morgan fingerprint density at radius 2 is 1.75 bits per heavy atom. The minimum Gasteiger partial charge on any atom is -0.351 e. The molecule has 6 heteroatoms. The molecule has 0 unspecified atom stereocenters. The fraction of sp³-hybridized carbons (Fsp3) is 0.318. The van der Waals surface area contributed by atoms with Crippen molar-refractivity contribution in [1.82, 2.24) is 15.0 Å². The van der Waals surface area contributed by atoms with Crippen LogP contribution in [0.5, 0.6) is 0 Å². The molecule has 1 aliphatic rings. The second-order valence-corrected chi connectivity index (χ2v) is 7.67. The lowest BCUT2D eigenvalue weighted by molar-refractivity contribution is 0.461. The normalized spacial score (nSPS) is 14.6. The van der Waals surface area contributed by atoms with E-state index in [9.17, 15) is 0 Å². The van der Waals surface area contributed by atoms with E-state index in [2.05, 4.69) is 15.6 Å². The number of benzene rings is 1. The Balaban J connectivity index is 1.65. The van der Waals surface area contributed by atoms with E-state index in [0.29, 0.717) is 12.0 Å². The lowest BCUT2D eigenvalue weighted by Gasteiger charge is -2.23. The molecule has 0 saturated heterocycles. The second-order valence-electron chi connectivity index (χ2n) is 7.27. The number of aromatic nitrogens is 3. The fourth-order valence-electron chi connectivity index (χ4n) is 3.49. The van der Waals surface area contributed by atoms with Crippen LogP contribution in [0.4, 0.5) is 17.5 Å². The quantitative estimate of drug-likeness (QED) is 0.557. The highest BCUT2D eigenvalue weighted by atomic mass is 35.5. The summed E-state index contributed by atoms with van der Waals surface area (Å²) in [4.78, 5) is 13.6. The molecule has 0 amide bonds. The molecular formula is C22H24ClN5. The second kappa shape index (κ2) is 8.57. The third-order valence-electron chi connectivity index (χ3n) is 5.08. The minimum absolute atomic E-state index is 0.433. The Morgan fingerprint density at radius 3 is 2.50 bits per heavy atom. The number of aryl methyl sites for hydroxylation is 1. The largest absolute Gasteiger partial charge is 0.351 e. The summed E-state index contributed by atoms with van der Waals surface area (Å²) in [5, 5.41) is 7.63. The van der Waals surface area contributed by atoms with E-state index in [0.717, 1.165) is 33.3 Å². The van der Waals surface area contributed by atoms with Crippen LogP contribution < -0.4 is 10.6 Å². The summed E-state index contributed by atoms with van der Waals surface area (Å²) in [7, 11) is 0. The molecule has 3 aromatic rings. The zero-order valence-corrected chi connectivity index (χ0v) is 16.7. The van der Waals surface area contributed by atoms with Gasteiger partial charge >= 0.3 is 0 Å². The first kappa shape index (κ1) is 18.7. The summed E-state index contributed by atoms with van der Waals surface area (Å²) in [5.41, 5.74) is 3.82. The Kier molecular flexibility index (Phi) is 5.72. The van der Waals surface area contributed by atoms with Gasteiger partial charge in [0.05, 0.1) is 5.69 Å². The van der Waals surface area contributed by atoms with Gasteiger partial charge in [-0.05, 0) is 49.6 Å². The zero-order valence-electron chi connectivity index (χ0n) is 16.0. The molecule has 1 saturated carbocycles. The number of pyridine rings is 1. The highest BCUT2D eigenvalue weighted by Crippen LogP contribution is 2.27. The molecule has 0 aliphatic heterocycles. The molecule has 1 aliphatic carbocycles. The SMILES string of the molecule is Cc1ccc(Nc2cc(-c3ccncc3)nc(NC3CCCCC3)n2)cc1Cl. The third-order valence-corrected chi connectivity index (χ3v) is 5.49. The van der Waals surface area contributed by atoms with Gasteiger partial charge < -0.3 is 10.6 Å². The number of hydrogen-bond donors (Lipinski definition) is 2. The Labute approximate surface area is 170 Å². The highest BCUT2D eigenvalue weighted by Gasteiger charge is 2.15. The van der Waals surface area contributed by atoms with Crippen molar-refractivity contribution < 1.29 is 0 Å². The summed E-state index contributed by atoms with van der Waals surface area (Å²) >= 11 is 6.28. The number of nitrogens with zero attached hydrogens (tertiary/aromatic N) is 3. The maximum atomic E-state index is 6.28. The molecule has 4 rings (SSSR count). The molecular weight excluding hydrogens is 370 g/mol. The number of hydrogen-bond acceptors (Lipinski definition) is 5. The van der Waals surface area contributed by atoms with Crippen molar-refractivity contribution in [3.8, 4) is 11.3 Å². The van der Waals surface area contributed by atoms with E-state index in [4.69, 9.17) is 21.6 Å². The Morgan fingerprint density at radius 1 is 0.964 bits per heavy atom. The molecule has 5 nitrogen and oxygen atoms in total. The lowest BCUT2D eigenvalue weighted by Crippen LogP contribution is -2.23. The van der Waals surface area contributed by atoms with Crippen LogP contribution in [0.1, 0.15) is 37.7 Å². The first-order valence-electron chi connectivity index (χ1n) is 9.76. The van der Waals surface area contributed by atoms with Crippen LogP contribution in [0.15, 0.2) is 48.8 Å². The van der Waals surface area contributed by atoms with Gasteiger partial charge in [0.15, 0.2) is 0 Å². The highest BCUT2D eigenvalue weighted by molar-refractivity contribution is 6.31. The maximum Gasteiger partial charge on any atom is 0.225 e. The van der Waals surface area contributed by atoms with Gasteiger partial charge in [-0.25, -0.2) is 4.98 Å². The average Bonchev–Trinajstić information content (AvgIpc) is 2.72. The predicted molar refractivity (Wildman–Crippen MR) is 115 cm³/mol. The lowest BCUT2D eigenvalue weighted by atomic mass is 9.96. The van der Waals surface area contributed by atoms with Crippen LogP contribution in [0.25, 0.3) is 11.3 Å².